The van der Waals surface area contributed by atoms with Crippen molar-refractivity contribution in [3.05, 3.63) is 17.5 Å². The van der Waals surface area contributed by atoms with E-state index in [2.05, 4.69) is 20.2 Å². The minimum absolute atomic E-state index is 0.278. The molecule has 98 valence electrons. The van der Waals surface area contributed by atoms with Crippen LogP contribution in [0.4, 0.5) is 5.82 Å². The maximum atomic E-state index is 10.8. The number of rotatable bonds is 4. The molecule has 0 atom stereocenters. The number of nitrogens with zero attached hydrogens (tertiary/aromatic N) is 3. The highest BCUT2D eigenvalue weighted by atomic mass is 35.5. The number of nitrogens with one attached hydrogen (secondary N) is 1. The van der Waals surface area contributed by atoms with Crippen molar-refractivity contribution in [3.8, 4) is 0 Å². The number of nitrogens with two attached hydrogens (primary N) is 1. The summed E-state index contributed by atoms with van der Waals surface area (Å²) in [6.45, 7) is 2.04. The molecule has 2 heterocycles. The number of piperidine rings is 1. The van der Waals surface area contributed by atoms with Crippen LogP contribution in [-0.4, -0.2) is 46.5 Å². The Morgan fingerprint density at radius 3 is 2.89 bits per heavy atom. The van der Waals surface area contributed by atoms with Gasteiger partial charge in [0.2, 0.25) is 5.91 Å². The molecule has 7 heteroatoms. The number of amides is 1. The molecule has 1 aromatic rings. The van der Waals surface area contributed by atoms with Gasteiger partial charge >= 0.3 is 0 Å². The zero-order chi connectivity index (χ0) is 13.0. The van der Waals surface area contributed by atoms with Gasteiger partial charge < -0.3 is 11.1 Å². The molecule has 1 fully saturated rings. The molecule has 0 aromatic carbocycles. The number of carbonyl (C=O) groups is 1. The molecule has 0 saturated carbocycles. The van der Waals surface area contributed by atoms with Gasteiger partial charge in [-0.15, -0.1) is 0 Å². The predicted octanol–water partition coefficient (Wildman–Crippen LogP) is 0.492. The number of primary amides is 1. The van der Waals surface area contributed by atoms with Crippen LogP contribution in [-0.2, 0) is 4.79 Å². The van der Waals surface area contributed by atoms with E-state index >= 15 is 0 Å². The van der Waals surface area contributed by atoms with Crippen molar-refractivity contribution in [2.75, 3.05) is 25.0 Å². The molecular weight excluding hydrogens is 254 g/mol. The fraction of sp³-hybridized carbons (Fsp3) is 0.545. The summed E-state index contributed by atoms with van der Waals surface area (Å²) >= 11 is 5.98. The summed E-state index contributed by atoms with van der Waals surface area (Å²) in [5.41, 5.74) is 5.17. The molecule has 1 aliphatic heterocycles. The van der Waals surface area contributed by atoms with Gasteiger partial charge in [-0.2, -0.15) is 0 Å². The second-order valence-corrected chi connectivity index (χ2v) is 4.79. The van der Waals surface area contributed by atoms with Crippen LogP contribution in [0.25, 0.3) is 0 Å². The second kappa shape index (κ2) is 5.97. The predicted molar refractivity (Wildman–Crippen MR) is 69.3 cm³/mol. The summed E-state index contributed by atoms with van der Waals surface area (Å²) in [7, 11) is 0. The fourth-order valence-electron chi connectivity index (χ4n) is 2.07. The number of hydrogen-bond donors (Lipinski definition) is 2. The van der Waals surface area contributed by atoms with Crippen molar-refractivity contribution < 1.29 is 4.79 Å². The average Bonchev–Trinajstić information content (AvgIpc) is 2.34. The molecule has 1 aliphatic rings. The zero-order valence-electron chi connectivity index (χ0n) is 9.97. The highest BCUT2D eigenvalue weighted by Crippen LogP contribution is 2.20. The van der Waals surface area contributed by atoms with Gasteiger partial charge in [0.05, 0.1) is 12.7 Å². The van der Waals surface area contributed by atoms with Crippen LogP contribution in [0.1, 0.15) is 12.8 Å². The summed E-state index contributed by atoms with van der Waals surface area (Å²) in [6.07, 6.45) is 4.91. The van der Waals surface area contributed by atoms with Crippen LogP contribution in [0.15, 0.2) is 12.5 Å². The van der Waals surface area contributed by atoms with E-state index in [-0.39, 0.29) is 5.91 Å². The maximum absolute atomic E-state index is 10.8. The van der Waals surface area contributed by atoms with Gasteiger partial charge in [-0.1, -0.05) is 11.6 Å². The van der Waals surface area contributed by atoms with Gasteiger partial charge in [-0.3, -0.25) is 9.69 Å². The summed E-state index contributed by atoms with van der Waals surface area (Å²) in [4.78, 5) is 20.8. The molecular formula is C11H16ClN5O. The number of likely N-dealkylation sites (tertiary alicyclic amines) is 1. The van der Waals surface area contributed by atoms with E-state index in [1.807, 2.05) is 0 Å². The Bertz CT molecular complexity index is 420. The summed E-state index contributed by atoms with van der Waals surface area (Å²) in [5.74, 6) is 0.389. The molecule has 0 bridgehead atoms. The largest absolute Gasteiger partial charge is 0.369 e. The third-order valence-corrected chi connectivity index (χ3v) is 3.25. The Morgan fingerprint density at radius 2 is 2.28 bits per heavy atom. The highest BCUT2D eigenvalue weighted by Gasteiger charge is 2.20. The van der Waals surface area contributed by atoms with E-state index in [4.69, 9.17) is 17.3 Å². The third-order valence-electron chi connectivity index (χ3n) is 2.98. The van der Waals surface area contributed by atoms with Crippen molar-refractivity contribution in [2.24, 2.45) is 5.73 Å². The quantitative estimate of drug-likeness (QED) is 0.831. The van der Waals surface area contributed by atoms with Crippen LogP contribution in [0.3, 0.4) is 0 Å². The number of anilines is 1. The molecule has 1 aromatic heterocycles. The Morgan fingerprint density at radius 1 is 1.56 bits per heavy atom. The first-order chi connectivity index (χ1) is 8.65. The standard InChI is InChI=1S/C11H16ClN5O/c12-9-5-14-7-15-11(9)16-8-1-3-17(4-2-8)6-10(13)18/h5,7-8H,1-4,6H2,(H2,13,18)(H,14,15,16). The molecule has 6 nitrogen and oxygen atoms in total. The number of halogens is 1. The van der Waals surface area contributed by atoms with Crippen LogP contribution in [0.5, 0.6) is 0 Å². The van der Waals surface area contributed by atoms with Crippen LogP contribution < -0.4 is 11.1 Å². The number of aromatic nitrogens is 2. The van der Waals surface area contributed by atoms with Gasteiger partial charge in [-0.25, -0.2) is 9.97 Å². The molecule has 2 rings (SSSR count). The zero-order valence-corrected chi connectivity index (χ0v) is 10.7. The SMILES string of the molecule is NC(=O)CN1CCC(Nc2ncncc2Cl)CC1. The Kier molecular flexibility index (Phi) is 4.33. The molecule has 0 unspecified atom stereocenters. The lowest BCUT2D eigenvalue weighted by molar-refractivity contribution is -0.119. The smallest absolute Gasteiger partial charge is 0.231 e. The summed E-state index contributed by atoms with van der Waals surface area (Å²) < 4.78 is 0. The van der Waals surface area contributed by atoms with Gasteiger partial charge in [0.15, 0.2) is 0 Å². The Labute approximate surface area is 111 Å². The van der Waals surface area contributed by atoms with E-state index in [1.54, 1.807) is 6.20 Å². The van der Waals surface area contributed by atoms with Crippen molar-refractivity contribution in [3.63, 3.8) is 0 Å². The van der Waals surface area contributed by atoms with E-state index in [0.717, 1.165) is 25.9 Å². The molecule has 0 radical (unpaired) electrons. The second-order valence-electron chi connectivity index (χ2n) is 4.38. The topological polar surface area (TPSA) is 84.1 Å². The minimum atomic E-state index is -0.278. The van der Waals surface area contributed by atoms with Crippen molar-refractivity contribution in [1.29, 1.82) is 0 Å². The fourth-order valence-corrected chi connectivity index (χ4v) is 2.23. The maximum Gasteiger partial charge on any atom is 0.231 e. The summed E-state index contributed by atoms with van der Waals surface area (Å²) in [5, 5.41) is 3.82. The monoisotopic (exact) mass is 269 g/mol. The third kappa shape index (κ3) is 3.54. The number of carbonyl (C=O) groups excluding carboxylic acids is 1. The van der Waals surface area contributed by atoms with Crippen molar-refractivity contribution >= 4 is 23.3 Å². The first kappa shape index (κ1) is 13.0. The Balaban J connectivity index is 1.84. The van der Waals surface area contributed by atoms with E-state index in [9.17, 15) is 4.79 Å². The van der Waals surface area contributed by atoms with Crippen LogP contribution in [0.2, 0.25) is 5.02 Å². The molecule has 3 N–H and O–H groups in total. The van der Waals surface area contributed by atoms with E-state index in [1.165, 1.54) is 6.33 Å². The average molecular weight is 270 g/mol. The van der Waals surface area contributed by atoms with E-state index in [0.29, 0.717) is 23.4 Å². The Hall–Kier alpha value is -1.40. The molecule has 18 heavy (non-hydrogen) atoms. The number of hydrogen-bond acceptors (Lipinski definition) is 5. The molecule has 0 spiro atoms. The van der Waals surface area contributed by atoms with E-state index < -0.39 is 0 Å². The first-order valence-corrected chi connectivity index (χ1v) is 6.25. The van der Waals surface area contributed by atoms with Crippen molar-refractivity contribution in [1.82, 2.24) is 14.9 Å². The van der Waals surface area contributed by atoms with Crippen LogP contribution >= 0.6 is 11.6 Å². The minimum Gasteiger partial charge on any atom is -0.369 e. The normalized spacial score (nSPS) is 17.6. The molecule has 1 amide bonds. The van der Waals surface area contributed by atoms with Crippen molar-refractivity contribution in [2.45, 2.75) is 18.9 Å². The highest BCUT2D eigenvalue weighted by molar-refractivity contribution is 6.32. The van der Waals surface area contributed by atoms with Gasteiger partial charge in [0.25, 0.3) is 0 Å². The molecule has 1 saturated heterocycles. The van der Waals surface area contributed by atoms with Gasteiger partial charge in [0, 0.05) is 19.1 Å². The lowest BCUT2D eigenvalue weighted by Crippen LogP contribution is -2.43. The van der Waals surface area contributed by atoms with Gasteiger partial charge in [0.1, 0.15) is 17.2 Å². The lowest BCUT2D eigenvalue weighted by Gasteiger charge is -2.31. The first-order valence-electron chi connectivity index (χ1n) is 5.88. The van der Waals surface area contributed by atoms with Crippen LogP contribution in [0, 0.1) is 0 Å². The summed E-state index contributed by atoms with van der Waals surface area (Å²) in [6, 6.07) is 0.321. The lowest BCUT2D eigenvalue weighted by atomic mass is 10.1. The van der Waals surface area contributed by atoms with Gasteiger partial charge in [-0.05, 0) is 12.8 Å². The molecule has 0 aliphatic carbocycles.